The zero-order valence-electron chi connectivity index (χ0n) is 29.1. The van der Waals surface area contributed by atoms with E-state index in [9.17, 15) is 0 Å². The molecule has 0 aliphatic carbocycles. The van der Waals surface area contributed by atoms with Crippen LogP contribution in [0.5, 0.6) is 0 Å². The summed E-state index contributed by atoms with van der Waals surface area (Å²) in [5.74, 6) is 0.528. The van der Waals surface area contributed by atoms with Crippen LogP contribution in [0.25, 0.3) is 121 Å². The maximum atomic E-state index is 7.38. The average molecular weight is 703 g/mol. The van der Waals surface area contributed by atoms with Gasteiger partial charge in [0.05, 0.1) is 28.7 Å². The summed E-state index contributed by atoms with van der Waals surface area (Å²) in [5.41, 5.74) is 9.26. The molecule has 0 spiro atoms. The van der Waals surface area contributed by atoms with E-state index >= 15 is 0 Å². The molecule has 0 bridgehead atoms. The molecule has 254 valence electrons. The molecule has 6 nitrogen and oxygen atoms in total. The molecule has 8 aromatic carbocycles. The fourth-order valence-corrected chi connectivity index (χ4v) is 8.42. The van der Waals surface area contributed by atoms with Gasteiger partial charge in [-0.25, -0.2) is 9.83 Å². The van der Waals surface area contributed by atoms with E-state index in [1.165, 1.54) is 5.39 Å². The van der Waals surface area contributed by atoms with Crippen LogP contribution < -0.4 is 0 Å². The maximum Gasteiger partial charge on any atom is 0.238 e. The van der Waals surface area contributed by atoms with E-state index in [0.29, 0.717) is 22.9 Å². The molecule has 0 aliphatic heterocycles. The molecule has 0 radical (unpaired) electrons. The molecular weight excluding hydrogens is 677 g/mol. The summed E-state index contributed by atoms with van der Waals surface area (Å²) in [4.78, 5) is 14.4. The minimum Gasteiger partial charge on any atom is -0.456 e. The lowest BCUT2D eigenvalue weighted by Gasteiger charge is -2.11. The van der Waals surface area contributed by atoms with Gasteiger partial charge in [-0.1, -0.05) is 109 Å². The normalized spacial score (nSPS) is 12.0. The SMILES string of the molecule is [C-]#[N+]c1ccc(-c2ccc3c(c2)oc2nc(-n4c5cc6ccccc6cc5c5ccc6ccccc6c54)nc(-c4ccc5oc6ccccc6c5c4)c23)cc1. The van der Waals surface area contributed by atoms with Crippen molar-refractivity contribution in [3.63, 3.8) is 0 Å². The highest BCUT2D eigenvalue weighted by atomic mass is 16.3. The summed E-state index contributed by atoms with van der Waals surface area (Å²) in [6.07, 6.45) is 0. The maximum absolute atomic E-state index is 7.38. The first-order valence-corrected chi connectivity index (χ1v) is 18.2. The third-order valence-corrected chi connectivity index (χ3v) is 11.0. The Hall–Kier alpha value is -7.75. The minimum absolute atomic E-state index is 0.503. The van der Waals surface area contributed by atoms with Crippen LogP contribution in [0.2, 0.25) is 0 Å². The number of fused-ring (bicyclic) bond motifs is 12. The summed E-state index contributed by atoms with van der Waals surface area (Å²) in [6, 6.07) is 54.2. The lowest BCUT2D eigenvalue weighted by Crippen LogP contribution is -2.03. The van der Waals surface area contributed by atoms with Crippen molar-refractivity contribution >= 4 is 93.0 Å². The van der Waals surface area contributed by atoms with Crippen LogP contribution in [0, 0.1) is 6.57 Å². The Kier molecular flexibility index (Phi) is 6.03. The largest absolute Gasteiger partial charge is 0.456 e. The van der Waals surface area contributed by atoms with Crippen molar-refractivity contribution in [3.8, 4) is 28.3 Å². The lowest BCUT2D eigenvalue weighted by atomic mass is 10.0. The van der Waals surface area contributed by atoms with Gasteiger partial charge in [0.2, 0.25) is 11.7 Å². The molecule has 12 aromatic rings. The Morgan fingerprint density at radius 3 is 2.04 bits per heavy atom. The molecule has 55 heavy (non-hydrogen) atoms. The highest BCUT2D eigenvalue weighted by Gasteiger charge is 2.23. The van der Waals surface area contributed by atoms with Crippen molar-refractivity contribution in [2.75, 3.05) is 0 Å². The predicted molar refractivity (Wildman–Crippen MR) is 223 cm³/mol. The van der Waals surface area contributed by atoms with Gasteiger partial charge < -0.3 is 8.83 Å². The number of rotatable bonds is 3. The number of para-hydroxylation sites is 1. The van der Waals surface area contributed by atoms with E-state index in [4.69, 9.17) is 25.4 Å². The summed E-state index contributed by atoms with van der Waals surface area (Å²) in [6.45, 7) is 7.38. The fourth-order valence-electron chi connectivity index (χ4n) is 8.42. The number of hydrogen-bond acceptors (Lipinski definition) is 4. The number of hydrogen-bond donors (Lipinski definition) is 0. The number of benzene rings is 8. The zero-order valence-corrected chi connectivity index (χ0v) is 29.1. The van der Waals surface area contributed by atoms with Crippen LogP contribution in [-0.2, 0) is 0 Å². The summed E-state index contributed by atoms with van der Waals surface area (Å²) >= 11 is 0. The lowest BCUT2D eigenvalue weighted by molar-refractivity contribution is 0.651. The number of nitrogens with zero attached hydrogens (tertiary/aromatic N) is 4. The van der Waals surface area contributed by atoms with E-state index in [0.717, 1.165) is 93.1 Å². The monoisotopic (exact) mass is 702 g/mol. The fraction of sp³-hybridized carbons (Fsp3) is 0. The van der Waals surface area contributed by atoms with Gasteiger partial charge in [-0.15, -0.1) is 0 Å². The van der Waals surface area contributed by atoms with Crippen molar-refractivity contribution in [2.24, 2.45) is 0 Å². The van der Waals surface area contributed by atoms with Gasteiger partial charge in [0.25, 0.3) is 0 Å². The van der Waals surface area contributed by atoms with E-state index in [1.54, 1.807) is 0 Å². The highest BCUT2D eigenvalue weighted by Crippen LogP contribution is 2.42. The third kappa shape index (κ3) is 4.35. The Morgan fingerprint density at radius 1 is 0.473 bits per heavy atom. The Morgan fingerprint density at radius 2 is 1.18 bits per heavy atom. The van der Waals surface area contributed by atoms with Gasteiger partial charge in [0.15, 0.2) is 5.69 Å². The summed E-state index contributed by atoms with van der Waals surface area (Å²) in [5, 5.41) is 10.7. The molecule has 6 heteroatoms. The topological polar surface area (TPSA) is 61.4 Å². The van der Waals surface area contributed by atoms with E-state index in [2.05, 4.69) is 119 Å². The van der Waals surface area contributed by atoms with Crippen molar-refractivity contribution in [1.82, 2.24) is 14.5 Å². The first-order valence-electron chi connectivity index (χ1n) is 18.2. The molecule has 4 aromatic heterocycles. The van der Waals surface area contributed by atoms with Crippen molar-refractivity contribution in [3.05, 3.63) is 169 Å². The van der Waals surface area contributed by atoms with Gasteiger partial charge >= 0.3 is 0 Å². The van der Waals surface area contributed by atoms with Gasteiger partial charge in [-0.3, -0.25) is 4.57 Å². The van der Waals surface area contributed by atoms with Crippen molar-refractivity contribution < 1.29 is 8.83 Å². The van der Waals surface area contributed by atoms with Crippen LogP contribution in [0.3, 0.4) is 0 Å². The molecule has 0 fully saturated rings. The van der Waals surface area contributed by atoms with E-state index in [-0.39, 0.29) is 0 Å². The molecule has 0 N–H and O–H groups in total. The smallest absolute Gasteiger partial charge is 0.238 e. The predicted octanol–water partition coefficient (Wildman–Crippen LogP) is 13.6. The first-order chi connectivity index (χ1) is 27.2. The number of aromatic nitrogens is 3. The molecule has 0 saturated heterocycles. The van der Waals surface area contributed by atoms with E-state index < -0.39 is 0 Å². The zero-order chi connectivity index (χ0) is 36.2. The Bertz CT molecular complexity index is 3620. The van der Waals surface area contributed by atoms with Crippen LogP contribution in [0.4, 0.5) is 5.69 Å². The highest BCUT2D eigenvalue weighted by molar-refractivity contribution is 6.21. The van der Waals surface area contributed by atoms with Gasteiger partial charge in [-0.2, -0.15) is 4.98 Å². The number of furan rings is 2. The molecular formula is C49H26N4O2. The third-order valence-electron chi connectivity index (χ3n) is 11.0. The van der Waals surface area contributed by atoms with Crippen LogP contribution in [0.1, 0.15) is 0 Å². The van der Waals surface area contributed by atoms with E-state index in [1.807, 2.05) is 48.5 Å². The molecule has 0 unspecified atom stereocenters. The van der Waals surface area contributed by atoms with Crippen LogP contribution in [-0.4, -0.2) is 14.5 Å². The quantitative estimate of drug-likeness (QED) is 0.172. The minimum atomic E-state index is 0.503. The molecule has 12 rings (SSSR count). The Balaban J connectivity index is 1.20. The molecule has 4 heterocycles. The molecule has 0 aliphatic rings. The summed E-state index contributed by atoms with van der Waals surface area (Å²) < 4.78 is 15.2. The average Bonchev–Trinajstić information content (AvgIpc) is 3.91. The van der Waals surface area contributed by atoms with Crippen molar-refractivity contribution in [2.45, 2.75) is 0 Å². The second kappa shape index (κ2) is 11.1. The first kappa shape index (κ1) is 29.8. The van der Waals surface area contributed by atoms with Gasteiger partial charge in [-0.05, 0) is 75.8 Å². The van der Waals surface area contributed by atoms with Gasteiger partial charge in [0.1, 0.15) is 16.7 Å². The second-order valence-electron chi connectivity index (χ2n) is 14.1. The van der Waals surface area contributed by atoms with Gasteiger partial charge in [0, 0.05) is 37.9 Å². The summed E-state index contributed by atoms with van der Waals surface area (Å²) in [7, 11) is 0. The van der Waals surface area contributed by atoms with Crippen molar-refractivity contribution in [1.29, 1.82) is 0 Å². The Labute approximate surface area is 312 Å². The van der Waals surface area contributed by atoms with Crippen LogP contribution in [0.15, 0.2) is 167 Å². The standard InChI is InChI=1S/C49H26N4O2/c1-50-34-19-14-28(15-20-34)32-17-22-38-44(27-32)55-48-45(38)46(33-18-23-43-40(25-33)36-12-6-7-13-42(36)54-43)51-49(52-48)53-41-26-31-10-3-2-9-30(31)24-39(41)37-21-16-29-8-4-5-11-35(29)47(37)53/h2-27H. The van der Waals surface area contributed by atoms with Crippen LogP contribution >= 0.6 is 0 Å². The molecule has 0 amide bonds. The molecule has 0 atom stereocenters. The second-order valence-corrected chi connectivity index (χ2v) is 14.1. The molecule has 0 saturated carbocycles.